The summed E-state index contributed by atoms with van der Waals surface area (Å²) in [4.78, 5) is 10.3. The van der Waals surface area contributed by atoms with Crippen LogP contribution in [0.15, 0.2) is 18.2 Å². The number of rotatable bonds is 4. The number of nitrogens with one attached hydrogen (secondary N) is 1. The van der Waals surface area contributed by atoms with Crippen LogP contribution in [0.4, 0.5) is 11.4 Å². The van der Waals surface area contributed by atoms with E-state index in [0.29, 0.717) is 17.7 Å². The zero-order chi connectivity index (χ0) is 13.8. The van der Waals surface area contributed by atoms with Crippen LogP contribution in [0.3, 0.4) is 0 Å². The molecule has 2 rings (SSSR count). The summed E-state index contributed by atoms with van der Waals surface area (Å²) in [6.07, 6.45) is 4.89. The fraction of sp³-hybridized carbons (Fsp3) is 0.571. The van der Waals surface area contributed by atoms with Crippen molar-refractivity contribution in [2.45, 2.75) is 38.6 Å². The fourth-order valence-corrected chi connectivity index (χ4v) is 2.64. The Morgan fingerprint density at radius 1 is 1.37 bits per heavy atom. The molecule has 5 heteroatoms. The van der Waals surface area contributed by atoms with E-state index >= 15 is 0 Å². The van der Waals surface area contributed by atoms with Gasteiger partial charge >= 0.3 is 0 Å². The lowest BCUT2D eigenvalue weighted by Gasteiger charge is -2.30. The highest BCUT2D eigenvalue weighted by Gasteiger charge is 2.22. The summed E-state index contributed by atoms with van der Waals surface area (Å²) in [5.41, 5.74) is 0.894. The van der Waals surface area contributed by atoms with Crippen LogP contribution >= 0.6 is 0 Å². The molecular formula is C14H20N2O3. The molecule has 0 heterocycles. The average Bonchev–Trinajstić information content (AvgIpc) is 2.41. The molecule has 0 saturated heterocycles. The van der Waals surface area contributed by atoms with Gasteiger partial charge in [0.25, 0.3) is 5.69 Å². The maximum atomic E-state index is 10.8. The van der Waals surface area contributed by atoms with Gasteiger partial charge in [0.2, 0.25) is 0 Å². The van der Waals surface area contributed by atoms with Crippen molar-refractivity contribution in [3.63, 3.8) is 0 Å². The molecule has 1 saturated carbocycles. The van der Waals surface area contributed by atoms with E-state index in [1.54, 1.807) is 6.07 Å². The minimum atomic E-state index is -0.407. The minimum absolute atomic E-state index is 0.0547. The monoisotopic (exact) mass is 264 g/mol. The Balaban J connectivity index is 2.17. The van der Waals surface area contributed by atoms with Gasteiger partial charge in [-0.05, 0) is 24.8 Å². The molecule has 0 amide bonds. The maximum absolute atomic E-state index is 10.8. The number of nitro benzene ring substituents is 1. The van der Waals surface area contributed by atoms with Gasteiger partial charge in [0.15, 0.2) is 0 Å². The number of nitrogens with zero attached hydrogens (tertiary/aromatic N) is 1. The Morgan fingerprint density at radius 2 is 2.11 bits per heavy atom. The van der Waals surface area contributed by atoms with Gasteiger partial charge in [0, 0.05) is 12.1 Å². The van der Waals surface area contributed by atoms with E-state index in [2.05, 4.69) is 12.2 Å². The predicted octanol–water partition coefficient (Wildman–Crippen LogP) is 3.59. The molecule has 2 atom stereocenters. The van der Waals surface area contributed by atoms with E-state index < -0.39 is 4.92 Å². The van der Waals surface area contributed by atoms with Gasteiger partial charge in [-0.25, -0.2) is 0 Å². The Kier molecular flexibility index (Phi) is 4.24. The number of hydrogen-bond acceptors (Lipinski definition) is 4. The number of ether oxygens (including phenoxy) is 1. The number of methoxy groups -OCH3 is 1. The van der Waals surface area contributed by atoms with Crippen molar-refractivity contribution in [1.29, 1.82) is 0 Å². The number of hydrogen-bond donors (Lipinski definition) is 1. The summed E-state index contributed by atoms with van der Waals surface area (Å²) in [5, 5.41) is 14.2. The first-order valence-electron chi connectivity index (χ1n) is 6.71. The van der Waals surface area contributed by atoms with E-state index in [0.717, 1.165) is 12.1 Å². The second-order valence-electron chi connectivity index (χ2n) is 5.15. The Labute approximate surface area is 113 Å². The SMILES string of the molecule is COc1cc([N+](=O)[O-])ccc1NC1CCCCC1C. The molecule has 0 radical (unpaired) electrons. The van der Waals surface area contributed by atoms with Crippen molar-refractivity contribution in [2.24, 2.45) is 5.92 Å². The highest BCUT2D eigenvalue weighted by molar-refractivity contribution is 5.61. The van der Waals surface area contributed by atoms with Crippen LogP contribution in [0, 0.1) is 16.0 Å². The fourth-order valence-electron chi connectivity index (χ4n) is 2.64. The predicted molar refractivity (Wildman–Crippen MR) is 74.7 cm³/mol. The topological polar surface area (TPSA) is 64.4 Å². The summed E-state index contributed by atoms with van der Waals surface area (Å²) >= 11 is 0. The minimum Gasteiger partial charge on any atom is -0.494 e. The summed E-state index contributed by atoms with van der Waals surface area (Å²) in [5.74, 6) is 1.15. The van der Waals surface area contributed by atoms with Gasteiger partial charge in [-0.3, -0.25) is 10.1 Å². The van der Waals surface area contributed by atoms with Gasteiger partial charge in [-0.15, -0.1) is 0 Å². The van der Waals surface area contributed by atoms with Gasteiger partial charge in [-0.2, -0.15) is 0 Å². The van der Waals surface area contributed by atoms with Crippen molar-refractivity contribution < 1.29 is 9.66 Å². The Morgan fingerprint density at radius 3 is 2.74 bits per heavy atom. The smallest absolute Gasteiger partial charge is 0.273 e. The lowest BCUT2D eigenvalue weighted by Crippen LogP contribution is -2.30. The molecule has 19 heavy (non-hydrogen) atoms. The quantitative estimate of drug-likeness (QED) is 0.666. The van der Waals surface area contributed by atoms with E-state index in [4.69, 9.17) is 4.74 Å². The second-order valence-corrected chi connectivity index (χ2v) is 5.15. The van der Waals surface area contributed by atoms with Crippen LogP contribution in [-0.4, -0.2) is 18.1 Å². The lowest BCUT2D eigenvalue weighted by molar-refractivity contribution is -0.384. The largest absolute Gasteiger partial charge is 0.494 e. The first-order chi connectivity index (χ1) is 9.11. The van der Waals surface area contributed by atoms with Crippen LogP contribution < -0.4 is 10.1 Å². The third-order valence-corrected chi connectivity index (χ3v) is 3.85. The molecule has 0 aliphatic heterocycles. The second kappa shape index (κ2) is 5.91. The molecular weight excluding hydrogens is 244 g/mol. The number of non-ortho nitro benzene ring substituents is 1. The molecule has 2 unspecified atom stereocenters. The molecule has 1 aromatic rings. The van der Waals surface area contributed by atoms with Crippen molar-refractivity contribution in [1.82, 2.24) is 0 Å². The molecule has 1 aromatic carbocycles. The van der Waals surface area contributed by atoms with Gasteiger partial charge < -0.3 is 10.1 Å². The Bertz CT molecular complexity index is 462. The van der Waals surface area contributed by atoms with E-state index in [9.17, 15) is 10.1 Å². The highest BCUT2D eigenvalue weighted by atomic mass is 16.6. The first kappa shape index (κ1) is 13.6. The lowest BCUT2D eigenvalue weighted by atomic mass is 9.86. The number of anilines is 1. The summed E-state index contributed by atoms with van der Waals surface area (Å²) in [7, 11) is 1.54. The third kappa shape index (κ3) is 3.16. The molecule has 1 fully saturated rings. The zero-order valence-corrected chi connectivity index (χ0v) is 11.4. The first-order valence-corrected chi connectivity index (χ1v) is 6.71. The average molecular weight is 264 g/mol. The van der Waals surface area contributed by atoms with E-state index in [-0.39, 0.29) is 5.69 Å². The normalized spacial score (nSPS) is 22.8. The van der Waals surface area contributed by atoms with E-state index in [1.165, 1.54) is 38.5 Å². The summed E-state index contributed by atoms with van der Waals surface area (Å²) in [6, 6.07) is 5.14. The van der Waals surface area contributed by atoms with Crippen LogP contribution in [0.2, 0.25) is 0 Å². The van der Waals surface area contributed by atoms with Gasteiger partial charge in [0.05, 0.1) is 23.8 Å². The molecule has 0 aromatic heterocycles. The maximum Gasteiger partial charge on any atom is 0.273 e. The Hall–Kier alpha value is -1.78. The standard InChI is InChI=1S/C14H20N2O3/c1-10-5-3-4-6-12(10)15-13-8-7-11(16(17)18)9-14(13)19-2/h7-10,12,15H,3-6H2,1-2H3. The van der Waals surface area contributed by atoms with Crippen molar-refractivity contribution >= 4 is 11.4 Å². The van der Waals surface area contributed by atoms with Crippen LogP contribution in [-0.2, 0) is 0 Å². The van der Waals surface area contributed by atoms with E-state index in [1.807, 2.05) is 0 Å². The molecule has 1 N–H and O–H groups in total. The van der Waals surface area contributed by atoms with Crippen molar-refractivity contribution in [3.8, 4) is 5.75 Å². The molecule has 5 nitrogen and oxygen atoms in total. The van der Waals surface area contributed by atoms with Crippen molar-refractivity contribution in [3.05, 3.63) is 28.3 Å². The van der Waals surface area contributed by atoms with Crippen LogP contribution in [0.1, 0.15) is 32.6 Å². The zero-order valence-electron chi connectivity index (χ0n) is 11.4. The van der Waals surface area contributed by atoms with Crippen LogP contribution in [0.5, 0.6) is 5.75 Å². The highest BCUT2D eigenvalue weighted by Crippen LogP contribution is 2.33. The molecule has 0 spiro atoms. The molecule has 104 valence electrons. The van der Waals surface area contributed by atoms with Gasteiger partial charge in [0.1, 0.15) is 5.75 Å². The summed E-state index contributed by atoms with van der Waals surface area (Å²) in [6.45, 7) is 2.24. The molecule has 1 aliphatic carbocycles. The molecule has 0 bridgehead atoms. The van der Waals surface area contributed by atoms with Crippen LogP contribution in [0.25, 0.3) is 0 Å². The third-order valence-electron chi connectivity index (χ3n) is 3.85. The van der Waals surface area contributed by atoms with Crippen molar-refractivity contribution in [2.75, 3.05) is 12.4 Å². The molecule has 1 aliphatic rings. The van der Waals surface area contributed by atoms with Gasteiger partial charge in [-0.1, -0.05) is 19.8 Å². The number of benzene rings is 1. The summed E-state index contributed by atoms with van der Waals surface area (Å²) < 4.78 is 5.25. The number of nitro groups is 1.